The van der Waals surface area contributed by atoms with Crippen molar-refractivity contribution in [3.05, 3.63) is 71.3 Å². The molecule has 5 rings (SSSR count). The summed E-state index contributed by atoms with van der Waals surface area (Å²) in [7, 11) is 0. The molecular formula is C28H28O. The Hall–Kier alpha value is -2.80. The minimum Gasteiger partial charge on any atom is -0.456 e. The second-order valence-electron chi connectivity index (χ2n) is 9.71. The largest absolute Gasteiger partial charge is 0.456 e. The topological polar surface area (TPSA) is 13.1 Å². The second kappa shape index (κ2) is 6.10. The summed E-state index contributed by atoms with van der Waals surface area (Å²) in [5.41, 5.74) is 6.24. The molecule has 1 nitrogen and oxygen atoms in total. The number of hydrogen-bond acceptors (Lipinski definition) is 1. The molecule has 0 aliphatic carbocycles. The lowest BCUT2D eigenvalue weighted by molar-refractivity contribution is 0.570. The Morgan fingerprint density at radius 3 is 2.21 bits per heavy atom. The Balaban J connectivity index is 1.95. The van der Waals surface area contributed by atoms with Gasteiger partial charge in [-0.1, -0.05) is 71.0 Å². The third-order valence-electron chi connectivity index (χ3n) is 6.27. The third-order valence-corrected chi connectivity index (χ3v) is 6.27. The van der Waals surface area contributed by atoms with Crippen molar-refractivity contribution < 1.29 is 4.42 Å². The summed E-state index contributed by atoms with van der Waals surface area (Å²) < 4.78 is 6.47. The molecule has 0 bridgehead atoms. The summed E-state index contributed by atoms with van der Waals surface area (Å²) in [6.07, 6.45) is 0. The molecule has 0 N–H and O–H groups in total. The van der Waals surface area contributed by atoms with Crippen LogP contribution in [-0.2, 0) is 5.41 Å². The maximum atomic E-state index is 6.47. The van der Waals surface area contributed by atoms with Gasteiger partial charge in [0.2, 0.25) is 0 Å². The van der Waals surface area contributed by atoms with Crippen LogP contribution in [0, 0.1) is 6.92 Å². The monoisotopic (exact) mass is 380 g/mol. The van der Waals surface area contributed by atoms with Crippen molar-refractivity contribution in [2.75, 3.05) is 0 Å². The van der Waals surface area contributed by atoms with Gasteiger partial charge >= 0.3 is 0 Å². The van der Waals surface area contributed by atoms with Crippen LogP contribution in [0.1, 0.15) is 57.2 Å². The van der Waals surface area contributed by atoms with Gasteiger partial charge in [0.05, 0.1) is 0 Å². The highest BCUT2D eigenvalue weighted by Gasteiger charge is 2.25. The van der Waals surface area contributed by atoms with Crippen LogP contribution in [-0.4, -0.2) is 0 Å². The molecule has 0 amide bonds. The fraction of sp³-hybridized carbons (Fsp3) is 0.286. The van der Waals surface area contributed by atoms with Crippen molar-refractivity contribution in [3.63, 3.8) is 0 Å². The Morgan fingerprint density at radius 2 is 1.48 bits per heavy atom. The maximum absolute atomic E-state index is 6.47. The van der Waals surface area contributed by atoms with E-state index < -0.39 is 0 Å². The predicted molar refractivity (Wildman–Crippen MR) is 126 cm³/mol. The van der Waals surface area contributed by atoms with E-state index in [1.54, 1.807) is 0 Å². The van der Waals surface area contributed by atoms with E-state index in [4.69, 9.17) is 4.42 Å². The zero-order valence-corrected chi connectivity index (χ0v) is 18.2. The number of furan rings is 1. The van der Waals surface area contributed by atoms with E-state index in [1.807, 2.05) is 0 Å². The van der Waals surface area contributed by atoms with Crippen molar-refractivity contribution in [1.29, 1.82) is 0 Å². The molecule has 1 heterocycles. The molecule has 0 spiro atoms. The first-order valence-electron chi connectivity index (χ1n) is 10.6. The summed E-state index contributed by atoms with van der Waals surface area (Å²) in [6, 6.07) is 20.0. The van der Waals surface area contributed by atoms with Gasteiger partial charge < -0.3 is 4.42 Å². The van der Waals surface area contributed by atoms with Crippen molar-refractivity contribution in [2.24, 2.45) is 0 Å². The molecule has 1 aromatic heterocycles. The van der Waals surface area contributed by atoms with Gasteiger partial charge in [0.1, 0.15) is 11.2 Å². The van der Waals surface area contributed by atoms with Crippen LogP contribution in [0.2, 0.25) is 0 Å². The summed E-state index contributed by atoms with van der Waals surface area (Å²) in [5.74, 6) is 0.471. The normalized spacial score (nSPS) is 12.8. The first kappa shape index (κ1) is 18.2. The summed E-state index contributed by atoms with van der Waals surface area (Å²) >= 11 is 0. The minimum absolute atomic E-state index is 0.0811. The van der Waals surface area contributed by atoms with E-state index in [9.17, 15) is 0 Å². The van der Waals surface area contributed by atoms with E-state index in [0.717, 1.165) is 11.2 Å². The molecule has 5 aromatic rings. The fourth-order valence-electron chi connectivity index (χ4n) is 5.05. The third kappa shape index (κ3) is 2.68. The van der Waals surface area contributed by atoms with Crippen LogP contribution in [0.3, 0.4) is 0 Å². The van der Waals surface area contributed by atoms with E-state index in [1.165, 1.54) is 49.0 Å². The average molecular weight is 381 g/mol. The number of fused-ring (bicyclic) bond motifs is 6. The molecule has 0 fully saturated rings. The highest BCUT2D eigenvalue weighted by Crippen LogP contribution is 2.42. The molecule has 0 unspecified atom stereocenters. The van der Waals surface area contributed by atoms with E-state index in [-0.39, 0.29) is 5.41 Å². The van der Waals surface area contributed by atoms with Gasteiger partial charge in [0.25, 0.3) is 0 Å². The summed E-state index contributed by atoms with van der Waals surface area (Å²) in [6.45, 7) is 13.7. The van der Waals surface area contributed by atoms with E-state index in [0.29, 0.717) is 5.92 Å². The number of benzene rings is 4. The molecule has 0 aliphatic rings. The Kier molecular flexibility index (Phi) is 3.84. The van der Waals surface area contributed by atoms with Crippen LogP contribution >= 0.6 is 0 Å². The van der Waals surface area contributed by atoms with E-state index >= 15 is 0 Å². The van der Waals surface area contributed by atoms with Gasteiger partial charge in [0.15, 0.2) is 0 Å². The average Bonchev–Trinajstić information content (AvgIpc) is 3.03. The first-order valence-corrected chi connectivity index (χ1v) is 10.6. The van der Waals surface area contributed by atoms with Crippen molar-refractivity contribution in [3.8, 4) is 0 Å². The van der Waals surface area contributed by atoms with Crippen LogP contribution in [0.5, 0.6) is 0 Å². The van der Waals surface area contributed by atoms with Crippen LogP contribution < -0.4 is 0 Å². The standard InChI is InChI=1S/C28H28O/c1-16(2)21-14-24-23-15-22-19(12-11-18-9-7-8-10-20(18)22)13-25(23)29-27(24)17(3)26(21)28(4,5)6/h7-16H,1-6H3. The molecule has 0 radical (unpaired) electrons. The molecule has 0 aliphatic heterocycles. The Bertz CT molecular complexity index is 1410. The first-order chi connectivity index (χ1) is 13.8. The second-order valence-corrected chi connectivity index (χ2v) is 9.71. The van der Waals surface area contributed by atoms with Crippen LogP contribution in [0.15, 0.2) is 59.0 Å². The summed E-state index contributed by atoms with van der Waals surface area (Å²) in [4.78, 5) is 0. The van der Waals surface area contributed by atoms with Gasteiger partial charge in [-0.05, 0) is 74.7 Å². The zero-order valence-electron chi connectivity index (χ0n) is 18.2. The van der Waals surface area contributed by atoms with E-state index in [2.05, 4.69) is 96.1 Å². The van der Waals surface area contributed by atoms with Crippen LogP contribution in [0.4, 0.5) is 0 Å². The molecule has 0 atom stereocenters. The quantitative estimate of drug-likeness (QED) is 0.265. The molecule has 1 heteroatoms. The molecule has 0 saturated heterocycles. The number of aryl methyl sites for hydroxylation is 1. The van der Waals surface area contributed by atoms with Gasteiger partial charge in [-0.25, -0.2) is 0 Å². The van der Waals surface area contributed by atoms with Gasteiger partial charge in [-0.15, -0.1) is 0 Å². The lowest BCUT2D eigenvalue weighted by Crippen LogP contribution is -2.17. The SMILES string of the molecule is Cc1c(C(C)(C)C)c(C(C)C)cc2c1oc1cc3ccc4ccccc4c3cc12. The highest BCUT2D eigenvalue weighted by atomic mass is 16.3. The Morgan fingerprint density at radius 1 is 0.759 bits per heavy atom. The lowest BCUT2D eigenvalue weighted by Gasteiger charge is -2.27. The predicted octanol–water partition coefficient (Wildman–Crippen LogP) is 8.62. The Labute approximate surface area is 172 Å². The van der Waals surface area contributed by atoms with Crippen LogP contribution in [0.25, 0.3) is 43.5 Å². The number of hydrogen-bond donors (Lipinski definition) is 0. The lowest BCUT2D eigenvalue weighted by atomic mass is 9.77. The maximum Gasteiger partial charge on any atom is 0.138 e. The van der Waals surface area contributed by atoms with Crippen molar-refractivity contribution in [1.82, 2.24) is 0 Å². The van der Waals surface area contributed by atoms with Crippen molar-refractivity contribution >= 4 is 43.5 Å². The minimum atomic E-state index is 0.0811. The smallest absolute Gasteiger partial charge is 0.138 e. The molecule has 4 aromatic carbocycles. The zero-order chi connectivity index (χ0) is 20.5. The number of rotatable bonds is 1. The van der Waals surface area contributed by atoms with Crippen molar-refractivity contribution in [2.45, 2.75) is 52.9 Å². The van der Waals surface area contributed by atoms with Gasteiger partial charge in [-0.2, -0.15) is 0 Å². The molecule has 146 valence electrons. The molecular weight excluding hydrogens is 352 g/mol. The molecule has 0 saturated carbocycles. The van der Waals surface area contributed by atoms with Gasteiger partial charge in [0, 0.05) is 10.8 Å². The molecule has 29 heavy (non-hydrogen) atoms. The summed E-state index contributed by atoms with van der Waals surface area (Å²) in [5, 5.41) is 7.56. The highest BCUT2D eigenvalue weighted by molar-refractivity contribution is 6.16. The van der Waals surface area contributed by atoms with Gasteiger partial charge in [-0.3, -0.25) is 0 Å². The fourth-order valence-corrected chi connectivity index (χ4v) is 5.05.